The van der Waals surface area contributed by atoms with Gasteiger partial charge in [0, 0.05) is 30.2 Å². The molecule has 1 N–H and O–H groups in total. The number of nitrogens with zero attached hydrogens (tertiary/aromatic N) is 4. The Morgan fingerprint density at radius 1 is 0.935 bits per heavy atom. The lowest BCUT2D eigenvalue weighted by Gasteiger charge is -2.14. The molecule has 8 nitrogen and oxygen atoms in total. The molecule has 0 radical (unpaired) electrons. The molecule has 1 amide bonds. The summed E-state index contributed by atoms with van der Waals surface area (Å²) in [6.45, 7) is 0.0724. The molecule has 9 heteroatoms. The summed E-state index contributed by atoms with van der Waals surface area (Å²) in [5, 5.41) is 3.27. The number of hydrogen-bond donors (Lipinski definition) is 1. The van der Waals surface area contributed by atoms with Crippen LogP contribution < -0.4 is 16.4 Å². The van der Waals surface area contributed by atoms with Crippen LogP contribution >= 0.6 is 11.6 Å². The maximum absolute atomic E-state index is 12.8. The van der Waals surface area contributed by atoms with Gasteiger partial charge >= 0.3 is 11.1 Å². The van der Waals surface area contributed by atoms with Gasteiger partial charge < -0.3 is 5.32 Å². The molecule has 4 aromatic rings. The van der Waals surface area contributed by atoms with Gasteiger partial charge in [0.15, 0.2) is 5.65 Å². The van der Waals surface area contributed by atoms with Crippen molar-refractivity contribution in [3.63, 3.8) is 0 Å². The fraction of sp³-hybridized carbons (Fsp3) is 0.136. The third kappa shape index (κ3) is 4.39. The molecule has 0 saturated heterocycles. The van der Waals surface area contributed by atoms with Gasteiger partial charge in [-0.3, -0.25) is 28.5 Å². The minimum Gasteiger partial charge on any atom is -0.350 e. The first-order valence-electron chi connectivity index (χ1n) is 9.52. The summed E-state index contributed by atoms with van der Waals surface area (Å²) in [5.41, 5.74) is 0.740. The van der Waals surface area contributed by atoms with Gasteiger partial charge in [-0.1, -0.05) is 29.8 Å². The second-order valence-electron chi connectivity index (χ2n) is 6.85. The second-order valence-corrected chi connectivity index (χ2v) is 7.26. The van der Waals surface area contributed by atoms with E-state index in [1.165, 1.54) is 10.8 Å². The SMILES string of the molecule is O=C(Cn1c(=O)c(=O)n(Cc2ccncc2)c2ncccc21)NCc1ccccc1Cl. The first kappa shape index (κ1) is 20.5. The summed E-state index contributed by atoms with van der Waals surface area (Å²) in [4.78, 5) is 46.5. The highest BCUT2D eigenvalue weighted by Gasteiger charge is 2.16. The van der Waals surface area contributed by atoms with Crippen LogP contribution in [-0.4, -0.2) is 25.0 Å². The zero-order valence-corrected chi connectivity index (χ0v) is 17.1. The Kier molecular flexibility index (Phi) is 5.90. The Hall–Kier alpha value is -3.78. The average Bonchev–Trinajstić information content (AvgIpc) is 2.80. The number of hydrogen-bond acceptors (Lipinski definition) is 5. The van der Waals surface area contributed by atoms with E-state index in [2.05, 4.69) is 15.3 Å². The van der Waals surface area contributed by atoms with Crippen LogP contribution in [0.3, 0.4) is 0 Å². The van der Waals surface area contributed by atoms with Crippen molar-refractivity contribution in [3.05, 3.63) is 104 Å². The normalized spacial score (nSPS) is 10.9. The molecule has 3 aromatic heterocycles. The summed E-state index contributed by atoms with van der Waals surface area (Å²) in [6, 6.07) is 14.0. The summed E-state index contributed by atoms with van der Waals surface area (Å²) in [5.74, 6) is -0.418. The Balaban J connectivity index is 1.66. The van der Waals surface area contributed by atoms with Crippen LogP contribution in [0.5, 0.6) is 0 Å². The number of carbonyl (C=O) groups excluding carboxylic acids is 1. The molecule has 1 aromatic carbocycles. The van der Waals surface area contributed by atoms with E-state index in [0.29, 0.717) is 16.2 Å². The number of benzene rings is 1. The van der Waals surface area contributed by atoms with Gasteiger partial charge in [-0.25, -0.2) is 4.98 Å². The van der Waals surface area contributed by atoms with Gasteiger partial charge in [-0.2, -0.15) is 0 Å². The molecule has 0 atom stereocenters. The minimum absolute atomic E-state index is 0.170. The van der Waals surface area contributed by atoms with E-state index in [0.717, 1.165) is 15.7 Å². The number of rotatable bonds is 6. The first-order valence-corrected chi connectivity index (χ1v) is 9.90. The van der Waals surface area contributed by atoms with Crippen molar-refractivity contribution in [3.8, 4) is 0 Å². The van der Waals surface area contributed by atoms with Gasteiger partial charge in [0.1, 0.15) is 6.54 Å². The molecule has 0 aliphatic rings. The van der Waals surface area contributed by atoms with Gasteiger partial charge in [0.05, 0.1) is 12.1 Å². The van der Waals surface area contributed by atoms with Crippen LogP contribution in [0.15, 0.2) is 76.7 Å². The van der Waals surface area contributed by atoms with Crippen LogP contribution in [-0.2, 0) is 24.4 Å². The van der Waals surface area contributed by atoms with E-state index in [1.54, 1.807) is 54.9 Å². The van der Waals surface area contributed by atoms with Gasteiger partial charge in [0.25, 0.3) is 0 Å². The van der Waals surface area contributed by atoms with Crippen LogP contribution in [0.25, 0.3) is 11.2 Å². The highest BCUT2D eigenvalue weighted by atomic mass is 35.5. The molecule has 4 rings (SSSR count). The zero-order valence-electron chi connectivity index (χ0n) is 16.4. The van der Waals surface area contributed by atoms with Crippen molar-refractivity contribution >= 4 is 28.7 Å². The molecular formula is C22H18ClN5O3. The maximum Gasteiger partial charge on any atom is 0.318 e. The van der Waals surface area contributed by atoms with E-state index in [-0.39, 0.29) is 19.6 Å². The third-order valence-electron chi connectivity index (χ3n) is 4.81. The van der Waals surface area contributed by atoms with Gasteiger partial charge in [0.2, 0.25) is 5.91 Å². The molecule has 0 saturated carbocycles. The predicted molar refractivity (Wildman–Crippen MR) is 117 cm³/mol. The van der Waals surface area contributed by atoms with E-state index >= 15 is 0 Å². The molecule has 31 heavy (non-hydrogen) atoms. The molecular weight excluding hydrogens is 418 g/mol. The van der Waals surface area contributed by atoms with Crippen molar-refractivity contribution in [1.82, 2.24) is 24.4 Å². The van der Waals surface area contributed by atoms with Crippen molar-refractivity contribution in [2.24, 2.45) is 0 Å². The summed E-state index contributed by atoms with van der Waals surface area (Å²) in [7, 11) is 0. The summed E-state index contributed by atoms with van der Waals surface area (Å²) in [6.07, 6.45) is 4.76. The topological polar surface area (TPSA) is 98.9 Å². The van der Waals surface area contributed by atoms with Crippen LogP contribution in [0, 0.1) is 0 Å². The average molecular weight is 436 g/mol. The monoisotopic (exact) mass is 435 g/mol. The molecule has 0 bridgehead atoms. The standard InChI is InChI=1S/C22H18ClN5O3/c23-17-5-2-1-4-16(17)12-26-19(29)14-27-18-6-3-9-25-20(18)28(22(31)21(27)30)13-15-7-10-24-11-8-15/h1-11H,12-14H2,(H,26,29). The summed E-state index contributed by atoms with van der Waals surface area (Å²) >= 11 is 6.11. The lowest BCUT2D eigenvalue weighted by Crippen LogP contribution is -2.44. The Labute approximate surface area is 181 Å². The van der Waals surface area contributed by atoms with Gasteiger partial charge in [-0.15, -0.1) is 0 Å². The van der Waals surface area contributed by atoms with E-state index < -0.39 is 17.0 Å². The van der Waals surface area contributed by atoms with E-state index in [1.807, 2.05) is 6.07 Å². The van der Waals surface area contributed by atoms with Crippen molar-refractivity contribution in [2.45, 2.75) is 19.6 Å². The maximum atomic E-state index is 12.8. The van der Waals surface area contributed by atoms with E-state index in [9.17, 15) is 14.4 Å². The van der Waals surface area contributed by atoms with Crippen molar-refractivity contribution < 1.29 is 4.79 Å². The predicted octanol–water partition coefficient (Wildman–Crippen LogP) is 1.97. The molecule has 0 unspecified atom stereocenters. The van der Waals surface area contributed by atoms with Crippen molar-refractivity contribution in [2.75, 3.05) is 0 Å². The molecule has 0 spiro atoms. The van der Waals surface area contributed by atoms with Crippen LogP contribution in [0.1, 0.15) is 11.1 Å². The number of amides is 1. The first-order chi connectivity index (χ1) is 15.0. The zero-order chi connectivity index (χ0) is 21.8. The van der Waals surface area contributed by atoms with Crippen LogP contribution in [0.4, 0.5) is 0 Å². The number of pyridine rings is 2. The Morgan fingerprint density at radius 3 is 2.45 bits per heavy atom. The van der Waals surface area contributed by atoms with Crippen molar-refractivity contribution in [1.29, 1.82) is 0 Å². The minimum atomic E-state index is -0.789. The third-order valence-corrected chi connectivity index (χ3v) is 5.18. The quantitative estimate of drug-likeness (QED) is 0.467. The Morgan fingerprint density at radius 2 is 1.68 bits per heavy atom. The lowest BCUT2D eigenvalue weighted by atomic mass is 10.2. The van der Waals surface area contributed by atoms with Crippen LogP contribution in [0.2, 0.25) is 5.02 Å². The number of fused-ring (bicyclic) bond motifs is 1. The summed E-state index contributed by atoms with van der Waals surface area (Å²) < 4.78 is 2.46. The second kappa shape index (κ2) is 8.93. The molecule has 3 heterocycles. The smallest absolute Gasteiger partial charge is 0.318 e. The molecule has 0 aliphatic heterocycles. The number of halogens is 1. The highest BCUT2D eigenvalue weighted by molar-refractivity contribution is 6.31. The van der Waals surface area contributed by atoms with Gasteiger partial charge in [-0.05, 0) is 41.5 Å². The molecule has 156 valence electrons. The fourth-order valence-electron chi connectivity index (χ4n) is 3.25. The number of aromatic nitrogens is 4. The van der Waals surface area contributed by atoms with E-state index in [4.69, 9.17) is 11.6 Å². The highest BCUT2D eigenvalue weighted by Crippen LogP contribution is 2.14. The number of carbonyl (C=O) groups is 1. The Bertz CT molecular complexity index is 1370. The fourth-order valence-corrected chi connectivity index (χ4v) is 3.46. The number of nitrogens with one attached hydrogen (secondary N) is 1. The lowest BCUT2D eigenvalue weighted by molar-refractivity contribution is -0.121. The molecule has 0 fully saturated rings. The largest absolute Gasteiger partial charge is 0.350 e. The molecule has 0 aliphatic carbocycles.